The summed E-state index contributed by atoms with van der Waals surface area (Å²) < 4.78 is 21.4. The Hall–Kier alpha value is -4.59. The van der Waals surface area contributed by atoms with Gasteiger partial charge in [-0.2, -0.15) is 11.8 Å². The summed E-state index contributed by atoms with van der Waals surface area (Å²) in [5.41, 5.74) is 5.09. The zero-order chi connectivity index (χ0) is 56.5. The summed E-state index contributed by atoms with van der Waals surface area (Å²) in [6.07, 6.45) is 13.6. The Morgan fingerprint density at radius 3 is 1.52 bits per heavy atom. The Balaban J connectivity index is -0.00000714. The summed E-state index contributed by atoms with van der Waals surface area (Å²) in [6.45, 7) is 5.74. The summed E-state index contributed by atoms with van der Waals surface area (Å²) in [4.78, 5) is 116. The molecule has 0 aromatic heterocycles. The largest absolute Gasteiger partial charge is 0.481 e. The number of carbonyl (C=O) groups excluding carboxylic acids is 7. The second kappa shape index (κ2) is 50.2. The summed E-state index contributed by atoms with van der Waals surface area (Å²) >= 11 is 1.24. The fourth-order valence-electron chi connectivity index (χ4n) is 6.62. The van der Waals surface area contributed by atoms with Gasteiger partial charge < -0.3 is 66.4 Å². The Kier molecular flexibility index (Phi) is 48.6. The molecular formula is C51H93N5O18S. The van der Waals surface area contributed by atoms with Crippen LogP contribution in [0.15, 0.2) is 0 Å². The minimum atomic E-state index is -1.23. The van der Waals surface area contributed by atoms with Crippen molar-refractivity contribution in [2.45, 2.75) is 161 Å². The number of aliphatic hydroxyl groups excluding tert-OH is 1. The molecule has 0 spiro atoms. The van der Waals surface area contributed by atoms with Gasteiger partial charge in [0.25, 0.3) is 0 Å². The number of rotatable bonds is 51. The highest BCUT2D eigenvalue weighted by Gasteiger charge is 2.25. The maximum atomic E-state index is 12.3. The van der Waals surface area contributed by atoms with Crippen molar-refractivity contribution in [1.82, 2.24) is 21.3 Å². The third-order valence-electron chi connectivity index (χ3n) is 11.3. The highest BCUT2D eigenvalue weighted by molar-refractivity contribution is 7.99. The number of Topliss-reactive ketones (excluding diaryl/α,β-unsaturated/α-hetero) is 3. The van der Waals surface area contributed by atoms with Crippen molar-refractivity contribution in [2.75, 3.05) is 90.6 Å². The Bertz CT molecular complexity index is 1630. The fraction of sp³-hybridized carbons (Fsp3) is 0.804. The van der Waals surface area contributed by atoms with E-state index in [1.165, 1.54) is 31.5 Å². The molecule has 10 N–H and O–H groups in total. The molecule has 0 aliphatic heterocycles. The summed E-state index contributed by atoms with van der Waals surface area (Å²) in [6, 6.07) is -1.41. The van der Waals surface area contributed by atoms with Crippen LogP contribution in [0.3, 0.4) is 0 Å². The molecule has 4 atom stereocenters. The second-order valence-electron chi connectivity index (χ2n) is 18.1. The molecule has 75 heavy (non-hydrogen) atoms. The van der Waals surface area contributed by atoms with E-state index >= 15 is 0 Å². The molecule has 0 bridgehead atoms. The average Bonchev–Trinajstić information content (AvgIpc) is 3.36. The maximum absolute atomic E-state index is 12.3. The van der Waals surface area contributed by atoms with Gasteiger partial charge in [0, 0.05) is 71.4 Å². The van der Waals surface area contributed by atoms with E-state index in [0.717, 1.165) is 57.8 Å². The zero-order valence-corrected chi connectivity index (χ0v) is 45.7. The van der Waals surface area contributed by atoms with Gasteiger partial charge in [0.15, 0.2) is 0 Å². The van der Waals surface area contributed by atoms with Crippen molar-refractivity contribution in [3.05, 3.63) is 0 Å². The number of unbranched alkanes of at least 4 members (excludes halogenated alkanes) is 11. The molecule has 0 heterocycles. The van der Waals surface area contributed by atoms with Crippen LogP contribution in [0.2, 0.25) is 0 Å². The van der Waals surface area contributed by atoms with Gasteiger partial charge in [-0.15, -0.1) is 0 Å². The van der Waals surface area contributed by atoms with Gasteiger partial charge in [-0.05, 0) is 46.0 Å². The van der Waals surface area contributed by atoms with Gasteiger partial charge in [0.1, 0.15) is 36.6 Å². The second-order valence-corrected chi connectivity index (χ2v) is 19.1. The van der Waals surface area contributed by atoms with Crippen molar-refractivity contribution < 1.29 is 88.7 Å². The van der Waals surface area contributed by atoms with Crippen LogP contribution in [-0.4, -0.2) is 182 Å². The number of thioether (sulfide) groups is 1. The molecule has 0 saturated heterocycles. The van der Waals surface area contributed by atoms with Crippen LogP contribution < -0.4 is 27.0 Å². The molecule has 23 nitrogen and oxygen atoms in total. The first-order valence-electron chi connectivity index (χ1n) is 26.4. The first-order chi connectivity index (χ1) is 35.8. The third kappa shape index (κ3) is 48.8. The van der Waals surface area contributed by atoms with E-state index in [4.69, 9.17) is 40.0 Å². The van der Waals surface area contributed by atoms with Gasteiger partial charge >= 0.3 is 17.9 Å². The molecule has 0 unspecified atom stereocenters. The molecule has 4 amide bonds. The van der Waals surface area contributed by atoms with E-state index in [0.29, 0.717) is 25.0 Å². The van der Waals surface area contributed by atoms with Crippen molar-refractivity contribution in [3.8, 4) is 0 Å². The lowest BCUT2D eigenvalue weighted by molar-refractivity contribution is -0.145. The van der Waals surface area contributed by atoms with Crippen LogP contribution in [-0.2, 0) is 66.9 Å². The number of aliphatic carboxylic acids is 3. The van der Waals surface area contributed by atoms with Crippen LogP contribution in [0.25, 0.3) is 0 Å². The molecule has 0 saturated carbocycles. The number of amides is 4. The molecule has 436 valence electrons. The quantitative estimate of drug-likeness (QED) is 0.0395. The van der Waals surface area contributed by atoms with Gasteiger partial charge in [0.2, 0.25) is 23.6 Å². The Labute approximate surface area is 448 Å². The molecular weight excluding hydrogens is 1000 g/mol. The topological polar surface area (TPSA) is 363 Å². The minimum absolute atomic E-state index is 0. The number of hydrogen-bond donors (Lipinski definition) is 9. The predicted molar refractivity (Wildman–Crippen MR) is 283 cm³/mol. The zero-order valence-electron chi connectivity index (χ0n) is 44.8. The highest BCUT2D eigenvalue weighted by Crippen LogP contribution is 2.18. The number of ketones is 3. The third-order valence-corrected chi connectivity index (χ3v) is 12.4. The number of nitrogens with two attached hydrogens (primary N) is 1. The summed E-state index contributed by atoms with van der Waals surface area (Å²) in [7, 11) is 0. The van der Waals surface area contributed by atoms with Crippen LogP contribution in [0, 0.1) is 11.8 Å². The van der Waals surface area contributed by atoms with Gasteiger partial charge in [-0.25, -0.2) is 4.79 Å². The van der Waals surface area contributed by atoms with Crippen molar-refractivity contribution in [3.63, 3.8) is 0 Å². The molecule has 0 aromatic rings. The Morgan fingerprint density at radius 1 is 0.560 bits per heavy atom. The number of carboxylic acid groups (broad SMARTS) is 3. The van der Waals surface area contributed by atoms with E-state index in [2.05, 4.69) is 21.3 Å². The van der Waals surface area contributed by atoms with Crippen molar-refractivity contribution in [2.24, 2.45) is 17.6 Å². The molecule has 0 fully saturated rings. The standard InChI is InChI=1S/C47H82N4O17S.C4H9NO.H2/c1-2-36(40(54)30-37(31-52)46(61)62)34-69-35-44(58)49-22-21-48-42(56)32-68-29-27-66-25-23-50-43(57)33-67-28-26-65-24-15-16-38(53)19-20-39(47(63)64)51-41(55)17-13-11-9-7-5-3-4-6-8-10-12-14-18-45(59)60;1-3(5)4(2)6;/h36-37,39,52H,2-35H2,1H3,(H,48,56)(H,49,58)(H,50,57)(H,51,55)(H,59,60)(H,61,62)(H,63,64);3H,5H2,1-2H3;1H/t36-,37-,39-;3-;/m00./s1. The van der Waals surface area contributed by atoms with E-state index in [-0.39, 0.29) is 165 Å². The molecule has 0 aromatic carbocycles. The SMILES string of the molecule is CC(=O)[C@H](C)N.CC[C@@H](CSCC(=O)NCCNC(=O)COCCOCCNC(=O)COCCOCCCC(=O)CC[C@H](NC(=O)CCCCCCCCCCCCCCC(=O)O)C(=O)O)C(=O)C[C@@H](CO)C(=O)O.[HH]. The van der Waals surface area contributed by atoms with E-state index in [1.54, 1.807) is 13.8 Å². The minimum Gasteiger partial charge on any atom is -0.481 e. The Morgan fingerprint density at radius 2 is 1.04 bits per heavy atom. The van der Waals surface area contributed by atoms with Crippen LogP contribution in [0.4, 0.5) is 0 Å². The van der Waals surface area contributed by atoms with E-state index in [9.17, 15) is 53.1 Å². The average molecular weight is 1100 g/mol. The molecule has 0 rings (SSSR count). The monoisotopic (exact) mass is 1100 g/mol. The lowest BCUT2D eigenvalue weighted by Gasteiger charge is -2.15. The lowest BCUT2D eigenvalue weighted by Crippen LogP contribution is -2.41. The number of aliphatic hydroxyl groups is 1. The van der Waals surface area contributed by atoms with Crippen molar-refractivity contribution in [1.29, 1.82) is 0 Å². The first-order valence-corrected chi connectivity index (χ1v) is 27.6. The van der Waals surface area contributed by atoms with Crippen LogP contribution in [0.1, 0.15) is 151 Å². The van der Waals surface area contributed by atoms with Gasteiger partial charge in [-0.3, -0.25) is 43.2 Å². The summed E-state index contributed by atoms with van der Waals surface area (Å²) in [5.74, 6) is -5.95. The lowest BCUT2D eigenvalue weighted by atomic mass is 9.94. The fourth-order valence-corrected chi connectivity index (χ4v) is 7.73. The number of nitrogens with one attached hydrogen (secondary N) is 4. The van der Waals surface area contributed by atoms with Gasteiger partial charge in [-0.1, -0.05) is 71.1 Å². The molecule has 0 radical (unpaired) electrons. The molecule has 24 heteroatoms. The number of carboxylic acids is 3. The highest BCUT2D eigenvalue weighted by atomic mass is 32.2. The predicted octanol–water partition coefficient (Wildman–Crippen LogP) is 3.23. The normalized spacial score (nSPS) is 12.5. The number of ether oxygens (including phenoxy) is 4. The van der Waals surface area contributed by atoms with E-state index in [1.807, 2.05) is 0 Å². The number of carbonyl (C=O) groups is 10. The summed E-state index contributed by atoms with van der Waals surface area (Å²) in [5, 5.41) is 46.8. The smallest absolute Gasteiger partial charge is 0.326 e. The molecule has 0 aliphatic rings. The van der Waals surface area contributed by atoms with Crippen LogP contribution in [0.5, 0.6) is 0 Å². The van der Waals surface area contributed by atoms with Crippen LogP contribution >= 0.6 is 11.8 Å². The maximum Gasteiger partial charge on any atom is 0.326 e. The van der Waals surface area contributed by atoms with Gasteiger partial charge in [0.05, 0.1) is 57.4 Å². The van der Waals surface area contributed by atoms with Crippen molar-refractivity contribution >= 4 is 70.6 Å². The first kappa shape index (κ1) is 72.5. The number of hydrogen-bond acceptors (Lipinski definition) is 17. The van der Waals surface area contributed by atoms with E-state index < -0.39 is 42.4 Å². The molecule has 0 aliphatic carbocycles.